The number of hydrogen-bond donors (Lipinski definition) is 0. The summed E-state index contributed by atoms with van der Waals surface area (Å²) in [5.41, 5.74) is 0.824. The Morgan fingerprint density at radius 1 is 1.19 bits per heavy atom. The number of carbonyl (C=O) groups is 2. The van der Waals surface area contributed by atoms with Gasteiger partial charge in [0, 0.05) is 12.1 Å². The lowest BCUT2D eigenvalue weighted by Gasteiger charge is -2.05. The fraction of sp³-hybridized carbons (Fsp3) is 0.250. The minimum atomic E-state index is -3.78. The zero-order chi connectivity index (χ0) is 23.3. The predicted molar refractivity (Wildman–Crippen MR) is 118 cm³/mol. The van der Waals surface area contributed by atoms with Crippen molar-refractivity contribution in [2.24, 2.45) is 4.99 Å². The number of ether oxygens (including phenoxy) is 1. The van der Waals surface area contributed by atoms with Gasteiger partial charge in [-0.05, 0) is 18.6 Å². The van der Waals surface area contributed by atoms with E-state index in [0.29, 0.717) is 15.8 Å². The van der Waals surface area contributed by atoms with Gasteiger partial charge in [0.1, 0.15) is 12.3 Å². The maximum atomic E-state index is 12.5. The van der Waals surface area contributed by atoms with Gasteiger partial charge in [0.15, 0.2) is 14.6 Å². The van der Waals surface area contributed by atoms with E-state index in [9.17, 15) is 28.1 Å². The average Bonchev–Trinajstić information content (AvgIpc) is 3.04. The Bertz CT molecular complexity index is 1340. The molecule has 0 saturated carbocycles. The van der Waals surface area contributed by atoms with Gasteiger partial charge in [0.25, 0.3) is 11.6 Å². The minimum Gasteiger partial charge on any atom is -0.465 e. The summed E-state index contributed by atoms with van der Waals surface area (Å²) >= 11 is 0.942. The number of thiazole rings is 1. The monoisotopic (exact) mass is 477 g/mol. The zero-order valence-electron chi connectivity index (χ0n) is 17.0. The second-order valence-corrected chi connectivity index (χ2v) is 9.78. The van der Waals surface area contributed by atoms with Crippen LogP contribution in [-0.2, 0) is 36.5 Å². The van der Waals surface area contributed by atoms with Gasteiger partial charge in [-0.25, -0.2) is 8.42 Å². The number of hydrogen-bond acceptors (Lipinski definition) is 8. The van der Waals surface area contributed by atoms with Gasteiger partial charge in [-0.2, -0.15) is 4.99 Å². The molecule has 1 amide bonds. The molecule has 1 aromatic heterocycles. The number of nitro benzene ring substituents is 1. The molecule has 12 heteroatoms. The van der Waals surface area contributed by atoms with Crippen LogP contribution in [0.4, 0.5) is 5.69 Å². The molecule has 0 unspecified atom stereocenters. The molecule has 1 heterocycles. The van der Waals surface area contributed by atoms with Crippen molar-refractivity contribution in [1.29, 1.82) is 0 Å². The number of benzene rings is 2. The molecule has 0 bridgehead atoms. The first kappa shape index (κ1) is 23.3. The van der Waals surface area contributed by atoms with Gasteiger partial charge in [-0.1, -0.05) is 41.7 Å². The SMILES string of the molecule is CCOC(=O)Cn1c(=NC(=O)CS(=O)(=O)Cc2ccccc2)sc2cc([N+](=O)[O-])ccc21. The van der Waals surface area contributed by atoms with Crippen molar-refractivity contribution in [3.8, 4) is 0 Å². The highest BCUT2D eigenvalue weighted by Gasteiger charge is 2.19. The van der Waals surface area contributed by atoms with Crippen molar-refractivity contribution in [3.63, 3.8) is 0 Å². The normalized spacial score (nSPS) is 12.1. The average molecular weight is 478 g/mol. The van der Waals surface area contributed by atoms with E-state index >= 15 is 0 Å². The van der Waals surface area contributed by atoms with E-state index in [0.717, 1.165) is 11.3 Å². The molecule has 10 nitrogen and oxygen atoms in total. The summed E-state index contributed by atoms with van der Waals surface area (Å²) in [7, 11) is -3.78. The minimum absolute atomic E-state index is 0.0495. The first-order valence-corrected chi connectivity index (χ1v) is 12.1. The Labute approximate surface area is 186 Å². The van der Waals surface area contributed by atoms with Crippen molar-refractivity contribution in [3.05, 3.63) is 69.0 Å². The first-order chi connectivity index (χ1) is 15.2. The summed E-state index contributed by atoms with van der Waals surface area (Å²) in [6.45, 7) is 1.51. The summed E-state index contributed by atoms with van der Waals surface area (Å²) in [5, 5.41) is 11.1. The van der Waals surface area contributed by atoms with Crippen LogP contribution in [0.1, 0.15) is 12.5 Å². The Balaban J connectivity index is 1.96. The van der Waals surface area contributed by atoms with E-state index in [-0.39, 0.29) is 29.4 Å². The lowest BCUT2D eigenvalue weighted by atomic mass is 10.2. The van der Waals surface area contributed by atoms with Crippen LogP contribution in [0.25, 0.3) is 10.2 Å². The first-order valence-electron chi connectivity index (χ1n) is 9.44. The fourth-order valence-corrected chi connectivity index (χ4v) is 5.28. The number of rotatable bonds is 8. The fourth-order valence-electron chi connectivity index (χ4n) is 2.96. The molecule has 0 saturated heterocycles. The predicted octanol–water partition coefficient (Wildman–Crippen LogP) is 2.22. The third-order valence-electron chi connectivity index (χ3n) is 4.26. The van der Waals surface area contributed by atoms with Crippen LogP contribution in [0.15, 0.2) is 53.5 Å². The smallest absolute Gasteiger partial charge is 0.326 e. The summed E-state index contributed by atoms with van der Waals surface area (Å²) in [4.78, 5) is 38.9. The number of amides is 1. The topological polar surface area (TPSA) is 138 Å². The molecule has 0 atom stereocenters. The van der Waals surface area contributed by atoms with Crippen molar-refractivity contribution < 1.29 is 27.7 Å². The van der Waals surface area contributed by atoms with Crippen LogP contribution in [0.2, 0.25) is 0 Å². The van der Waals surface area contributed by atoms with Gasteiger partial charge < -0.3 is 9.30 Å². The molecule has 0 aliphatic carbocycles. The van der Waals surface area contributed by atoms with Crippen LogP contribution < -0.4 is 4.80 Å². The summed E-state index contributed by atoms with van der Waals surface area (Å²) in [6, 6.07) is 12.5. The molecular formula is C20H19N3O7S2. The van der Waals surface area contributed by atoms with E-state index in [2.05, 4.69) is 4.99 Å². The standard InChI is InChI=1S/C20H19N3O7S2/c1-2-30-19(25)11-22-16-9-8-15(23(26)27)10-17(16)31-20(22)21-18(24)13-32(28,29)12-14-6-4-3-5-7-14/h3-10H,2,11-13H2,1H3. The van der Waals surface area contributed by atoms with Crippen LogP contribution >= 0.6 is 11.3 Å². The summed E-state index contributed by atoms with van der Waals surface area (Å²) in [5.74, 6) is -2.61. The Morgan fingerprint density at radius 2 is 1.91 bits per heavy atom. The van der Waals surface area contributed by atoms with Gasteiger partial charge in [0.05, 0.1) is 27.5 Å². The van der Waals surface area contributed by atoms with E-state index in [1.54, 1.807) is 37.3 Å². The summed E-state index contributed by atoms with van der Waals surface area (Å²) < 4.78 is 31.6. The molecular weight excluding hydrogens is 458 g/mol. The van der Waals surface area contributed by atoms with E-state index in [4.69, 9.17) is 4.74 Å². The van der Waals surface area contributed by atoms with Crippen molar-refractivity contribution in [2.45, 2.75) is 19.2 Å². The second-order valence-electron chi connectivity index (χ2n) is 6.71. The number of nitro groups is 1. The van der Waals surface area contributed by atoms with Crippen LogP contribution in [0, 0.1) is 10.1 Å². The largest absolute Gasteiger partial charge is 0.465 e. The molecule has 2 aromatic carbocycles. The maximum absolute atomic E-state index is 12.5. The van der Waals surface area contributed by atoms with E-state index in [1.807, 2.05) is 0 Å². The van der Waals surface area contributed by atoms with Crippen LogP contribution in [0.3, 0.4) is 0 Å². The Hall–Kier alpha value is -3.38. The molecule has 0 fully saturated rings. The third kappa shape index (κ3) is 5.86. The molecule has 168 valence electrons. The molecule has 32 heavy (non-hydrogen) atoms. The lowest BCUT2D eigenvalue weighted by Crippen LogP contribution is -2.25. The van der Waals surface area contributed by atoms with Gasteiger partial charge in [0.2, 0.25) is 0 Å². The van der Waals surface area contributed by atoms with Crippen LogP contribution in [-0.4, -0.2) is 42.1 Å². The van der Waals surface area contributed by atoms with E-state index < -0.39 is 32.4 Å². The number of carbonyl (C=O) groups excluding carboxylic acids is 2. The number of aromatic nitrogens is 1. The summed E-state index contributed by atoms with van der Waals surface area (Å²) in [6.07, 6.45) is 0. The van der Waals surface area contributed by atoms with E-state index in [1.165, 1.54) is 22.8 Å². The maximum Gasteiger partial charge on any atom is 0.326 e. The number of esters is 1. The molecule has 3 aromatic rings. The molecule has 0 N–H and O–H groups in total. The molecule has 0 spiro atoms. The lowest BCUT2D eigenvalue weighted by molar-refractivity contribution is -0.384. The molecule has 0 radical (unpaired) electrons. The number of sulfone groups is 1. The highest BCUT2D eigenvalue weighted by atomic mass is 32.2. The number of nitrogens with zero attached hydrogens (tertiary/aromatic N) is 3. The van der Waals surface area contributed by atoms with Crippen molar-refractivity contribution in [1.82, 2.24) is 4.57 Å². The molecule has 0 aliphatic heterocycles. The third-order valence-corrected chi connectivity index (χ3v) is 6.76. The highest BCUT2D eigenvalue weighted by molar-refractivity contribution is 7.91. The Kier molecular flexibility index (Phi) is 7.15. The molecule has 3 rings (SSSR count). The number of fused-ring (bicyclic) bond motifs is 1. The molecule has 0 aliphatic rings. The van der Waals surface area contributed by atoms with Crippen LogP contribution in [0.5, 0.6) is 0 Å². The zero-order valence-corrected chi connectivity index (χ0v) is 18.6. The van der Waals surface area contributed by atoms with Crippen molar-refractivity contribution in [2.75, 3.05) is 12.4 Å². The number of non-ortho nitro benzene ring substituents is 1. The van der Waals surface area contributed by atoms with Gasteiger partial charge in [-0.3, -0.25) is 19.7 Å². The Morgan fingerprint density at radius 3 is 2.56 bits per heavy atom. The van der Waals surface area contributed by atoms with Crippen molar-refractivity contribution >= 4 is 49.0 Å². The quantitative estimate of drug-likeness (QED) is 0.275. The van der Waals surface area contributed by atoms with Gasteiger partial charge in [-0.15, -0.1) is 0 Å². The van der Waals surface area contributed by atoms with Gasteiger partial charge >= 0.3 is 5.97 Å². The second kappa shape index (κ2) is 9.83. The highest BCUT2D eigenvalue weighted by Crippen LogP contribution is 2.23.